The van der Waals surface area contributed by atoms with Crippen LogP contribution in [-0.2, 0) is 11.3 Å². The Morgan fingerprint density at radius 2 is 1.79 bits per heavy atom. The number of hydrogen-bond donors (Lipinski definition) is 3. The molecule has 2 rings (SSSR count). The molecule has 1 heterocycles. The van der Waals surface area contributed by atoms with Crippen LogP contribution in [0.5, 0.6) is 11.5 Å². The van der Waals surface area contributed by atoms with Gasteiger partial charge in [0, 0.05) is 26.6 Å². The Balaban J connectivity index is 1.84. The fourth-order valence-electron chi connectivity index (χ4n) is 2.65. The highest BCUT2D eigenvalue weighted by molar-refractivity contribution is 5.79. The minimum atomic E-state index is -0.534. The average molecular weight is 407 g/mol. The van der Waals surface area contributed by atoms with Crippen molar-refractivity contribution in [3.05, 3.63) is 23.8 Å². The molecule has 162 valence electrons. The SMILES string of the molecule is CN=C(NCc1ccc2c(c1)OCCCO2)NCC(C)(C)NC(=O)OC(C)(C)C. The van der Waals surface area contributed by atoms with Gasteiger partial charge in [0.05, 0.1) is 18.8 Å². The first-order valence-electron chi connectivity index (χ1n) is 9.92. The van der Waals surface area contributed by atoms with Gasteiger partial charge < -0.3 is 30.2 Å². The highest BCUT2D eigenvalue weighted by atomic mass is 16.6. The van der Waals surface area contributed by atoms with Crippen LogP contribution in [0.1, 0.15) is 46.6 Å². The molecule has 1 aliphatic heterocycles. The summed E-state index contributed by atoms with van der Waals surface area (Å²) in [6, 6.07) is 5.92. The molecule has 0 atom stereocenters. The van der Waals surface area contributed by atoms with Crippen molar-refractivity contribution in [2.24, 2.45) is 4.99 Å². The first kappa shape index (κ1) is 22.6. The van der Waals surface area contributed by atoms with E-state index in [1.807, 2.05) is 52.8 Å². The van der Waals surface area contributed by atoms with Gasteiger partial charge in [0.25, 0.3) is 0 Å². The van der Waals surface area contributed by atoms with E-state index in [4.69, 9.17) is 14.2 Å². The number of carbonyl (C=O) groups is 1. The molecular weight excluding hydrogens is 372 g/mol. The number of amides is 1. The van der Waals surface area contributed by atoms with Gasteiger partial charge in [-0.25, -0.2) is 4.79 Å². The lowest BCUT2D eigenvalue weighted by atomic mass is 10.1. The predicted molar refractivity (Wildman–Crippen MR) is 114 cm³/mol. The highest BCUT2D eigenvalue weighted by Gasteiger charge is 2.24. The Hall–Kier alpha value is -2.64. The molecule has 3 N–H and O–H groups in total. The van der Waals surface area contributed by atoms with Crippen molar-refractivity contribution in [2.45, 2.75) is 58.7 Å². The Bertz CT molecular complexity index is 726. The van der Waals surface area contributed by atoms with Crippen LogP contribution < -0.4 is 25.4 Å². The molecule has 0 aliphatic carbocycles. The number of fused-ring (bicyclic) bond motifs is 1. The van der Waals surface area contributed by atoms with Crippen molar-refractivity contribution in [1.29, 1.82) is 0 Å². The molecular formula is C21H34N4O4. The zero-order valence-electron chi connectivity index (χ0n) is 18.3. The third-order valence-electron chi connectivity index (χ3n) is 4.03. The molecule has 8 heteroatoms. The van der Waals surface area contributed by atoms with Crippen molar-refractivity contribution < 1.29 is 19.0 Å². The molecule has 1 aromatic rings. The van der Waals surface area contributed by atoms with E-state index in [0.29, 0.717) is 32.3 Å². The van der Waals surface area contributed by atoms with Gasteiger partial charge in [0.1, 0.15) is 5.60 Å². The van der Waals surface area contributed by atoms with Crippen molar-refractivity contribution in [1.82, 2.24) is 16.0 Å². The maximum Gasteiger partial charge on any atom is 0.408 e. The first-order valence-corrected chi connectivity index (χ1v) is 9.92. The summed E-state index contributed by atoms with van der Waals surface area (Å²) in [6.45, 7) is 11.7. The second-order valence-electron chi connectivity index (χ2n) is 8.62. The van der Waals surface area contributed by atoms with Gasteiger partial charge in [-0.2, -0.15) is 0 Å². The van der Waals surface area contributed by atoms with E-state index < -0.39 is 17.2 Å². The first-order chi connectivity index (χ1) is 13.6. The van der Waals surface area contributed by atoms with E-state index in [0.717, 1.165) is 23.5 Å². The van der Waals surface area contributed by atoms with Gasteiger partial charge >= 0.3 is 6.09 Å². The van der Waals surface area contributed by atoms with Gasteiger partial charge in [0.15, 0.2) is 17.5 Å². The maximum atomic E-state index is 12.0. The van der Waals surface area contributed by atoms with Gasteiger partial charge in [-0.15, -0.1) is 0 Å². The number of rotatable bonds is 5. The van der Waals surface area contributed by atoms with E-state index in [2.05, 4.69) is 20.9 Å². The standard InChI is InChI=1S/C21H34N4O4/c1-20(2,3)29-19(26)25-21(4,5)14-24-18(22-6)23-13-15-8-9-16-17(12-15)28-11-7-10-27-16/h8-9,12H,7,10-11,13-14H2,1-6H3,(H,25,26)(H2,22,23,24). The van der Waals surface area contributed by atoms with Crippen molar-refractivity contribution >= 4 is 12.1 Å². The zero-order chi connectivity index (χ0) is 21.5. The maximum absolute atomic E-state index is 12.0. The summed E-state index contributed by atoms with van der Waals surface area (Å²) < 4.78 is 16.7. The zero-order valence-corrected chi connectivity index (χ0v) is 18.3. The fraction of sp³-hybridized carbons (Fsp3) is 0.619. The van der Waals surface area contributed by atoms with Crippen LogP contribution in [0, 0.1) is 0 Å². The number of benzene rings is 1. The van der Waals surface area contributed by atoms with E-state index in [1.54, 1.807) is 7.05 Å². The molecule has 1 amide bonds. The van der Waals surface area contributed by atoms with Crippen LogP contribution in [0.3, 0.4) is 0 Å². The molecule has 0 fully saturated rings. The number of hydrogen-bond acceptors (Lipinski definition) is 5. The van der Waals surface area contributed by atoms with Crippen LogP contribution in [0.2, 0.25) is 0 Å². The minimum Gasteiger partial charge on any atom is -0.490 e. The summed E-state index contributed by atoms with van der Waals surface area (Å²) in [5, 5.41) is 9.37. The predicted octanol–water partition coefficient (Wildman–Crippen LogP) is 2.82. The van der Waals surface area contributed by atoms with Crippen molar-refractivity contribution in [3.8, 4) is 11.5 Å². The van der Waals surface area contributed by atoms with Gasteiger partial charge in [-0.1, -0.05) is 6.07 Å². The molecule has 0 radical (unpaired) electrons. The monoisotopic (exact) mass is 406 g/mol. The van der Waals surface area contributed by atoms with Crippen LogP contribution in [0.25, 0.3) is 0 Å². The summed E-state index contributed by atoms with van der Waals surface area (Å²) >= 11 is 0. The quantitative estimate of drug-likeness (QED) is 0.514. The molecule has 0 bridgehead atoms. The molecule has 8 nitrogen and oxygen atoms in total. The number of aliphatic imine (C=N–C) groups is 1. The Morgan fingerprint density at radius 1 is 1.10 bits per heavy atom. The smallest absolute Gasteiger partial charge is 0.408 e. The number of ether oxygens (including phenoxy) is 3. The summed E-state index contributed by atoms with van der Waals surface area (Å²) in [4.78, 5) is 16.3. The summed E-state index contributed by atoms with van der Waals surface area (Å²) in [7, 11) is 1.71. The normalized spacial score (nSPS) is 14.6. The fourth-order valence-corrected chi connectivity index (χ4v) is 2.65. The van der Waals surface area contributed by atoms with Crippen LogP contribution in [-0.4, -0.2) is 50.0 Å². The lowest BCUT2D eigenvalue weighted by Gasteiger charge is -2.29. The number of nitrogens with one attached hydrogen (secondary N) is 3. The topological polar surface area (TPSA) is 93.2 Å². The van der Waals surface area contributed by atoms with Crippen LogP contribution in [0.15, 0.2) is 23.2 Å². The third-order valence-corrected chi connectivity index (χ3v) is 4.03. The highest BCUT2D eigenvalue weighted by Crippen LogP contribution is 2.30. The second-order valence-corrected chi connectivity index (χ2v) is 8.62. The molecule has 0 aromatic heterocycles. The van der Waals surface area contributed by atoms with Gasteiger partial charge in [-0.05, 0) is 52.3 Å². The summed E-state index contributed by atoms with van der Waals surface area (Å²) in [5.74, 6) is 2.19. The molecule has 0 unspecified atom stereocenters. The lowest BCUT2D eigenvalue weighted by Crippen LogP contribution is -2.54. The molecule has 0 saturated carbocycles. The number of alkyl carbamates (subject to hydrolysis) is 1. The van der Waals surface area contributed by atoms with Crippen molar-refractivity contribution in [3.63, 3.8) is 0 Å². The molecule has 1 aromatic carbocycles. The largest absolute Gasteiger partial charge is 0.490 e. The Morgan fingerprint density at radius 3 is 2.45 bits per heavy atom. The number of nitrogens with zero attached hydrogens (tertiary/aromatic N) is 1. The van der Waals surface area contributed by atoms with Gasteiger partial charge in [-0.3, -0.25) is 4.99 Å². The minimum absolute atomic E-state index is 0.445. The Labute approximate surface area is 173 Å². The average Bonchev–Trinajstić information content (AvgIpc) is 2.84. The molecule has 29 heavy (non-hydrogen) atoms. The lowest BCUT2D eigenvalue weighted by molar-refractivity contribution is 0.0474. The molecule has 0 saturated heterocycles. The van der Waals surface area contributed by atoms with Gasteiger partial charge in [0.2, 0.25) is 0 Å². The third kappa shape index (κ3) is 8.09. The van der Waals surface area contributed by atoms with E-state index in [9.17, 15) is 4.79 Å². The van der Waals surface area contributed by atoms with Crippen LogP contribution >= 0.6 is 0 Å². The van der Waals surface area contributed by atoms with Crippen molar-refractivity contribution in [2.75, 3.05) is 26.8 Å². The summed E-state index contributed by atoms with van der Waals surface area (Å²) in [6.07, 6.45) is 0.436. The second kappa shape index (κ2) is 9.71. The number of guanidine groups is 1. The summed E-state index contributed by atoms with van der Waals surface area (Å²) in [5.41, 5.74) is 0.00610. The van der Waals surface area contributed by atoms with Crippen LogP contribution in [0.4, 0.5) is 4.79 Å². The number of carbonyl (C=O) groups excluding carboxylic acids is 1. The van der Waals surface area contributed by atoms with E-state index >= 15 is 0 Å². The Kier molecular flexibility index (Phi) is 7.59. The molecule has 1 aliphatic rings. The van der Waals surface area contributed by atoms with E-state index in [1.165, 1.54) is 0 Å². The van der Waals surface area contributed by atoms with E-state index in [-0.39, 0.29) is 0 Å². The molecule has 0 spiro atoms.